The Kier molecular flexibility index (Phi) is 5.07. The number of anilines is 2. The van der Waals surface area contributed by atoms with E-state index in [2.05, 4.69) is 25.5 Å². The lowest BCUT2D eigenvalue weighted by Gasteiger charge is -2.26. The summed E-state index contributed by atoms with van der Waals surface area (Å²) in [4.78, 5) is 34.8. The molecule has 2 amide bonds. The van der Waals surface area contributed by atoms with Gasteiger partial charge < -0.3 is 25.0 Å². The fourth-order valence-electron chi connectivity index (χ4n) is 3.57. The second-order valence-electron chi connectivity index (χ2n) is 6.69. The molecule has 0 aliphatic carbocycles. The molecule has 0 radical (unpaired) electrons. The molecule has 9 heteroatoms. The average molecular weight is 383 g/mol. The van der Waals surface area contributed by atoms with E-state index in [1.807, 2.05) is 6.07 Å². The van der Waals surface area contributed by atoms with Crippen LogP contribution in [0.3, 0.4) is 0 Å². The van der Waals surface area contributed by atoms with E-state index in [0.29, 0.717) is 30.1 Å². The van der Waals surface area contributed by atoms with E-state index in [4.69, 9.17) is 9.47 Å². The third-order valence-corrected chi connectivity index (χ3v) is 4.96. The van der Waals surface area contributed by atoms with Crippen LogP contribution in [0.4, 0.5) is 11.5 Å². The quantitative estimate of drug-likeness (QED) is 0.788. The van der Waals surface area contributed by atoms with Crippen molar-refractivity contribution in [1.82, 2.24) is 15.3 Å². The number of methoxy groups -OCH3 is 1. The van der Waals surface area contributed by atoms with E-state index in [-0.39, 0.29) is 30.6 Å². The van der Waals surface area contributed by atoms with Crippen LogP contribution in [-0.2, 0) is 9.53 Å². The summed E-state index contributed by atoms with van der Waals surface area (Å²) >= 11 is 0. The number of ether oxygens (including phenoxy) is 2. The van der Waals surface area contributed by atoms with Gasteiger partial charge in [0, 0.05) is 26.4 Å². The first kappa shape index (κ1) is 18.2. The summed E-state index contributed by atoms with van der Waals surface area (Å²) < 4.78 is 10.9. The Morgan fingerprint density at radius 2 is 2.32 bits per heavy atom. The number of hydrogen-bond acceptors (Lipinski definition) is 7. The maximum absolute atomic E-state index is 12.8. The fourth-order valence-corrected chi connectivity index (χ4v) is 3.57. The first-order chi connectivity index (χ1) is 13.7. The van der Waals surface area contributed by atoms with E-state index in [1.165, 1.54) is 6.33 Å². The predicted octanol–water partition coefficient (Wildman–Crippen LogP) is 0.831. The average Bonchev–Trinajstić information content (AvgIpc) is 3.15. The van der Waals surface area contributed by atoms with Crippen molar-refractivity contribution in [1.29, 1.82) is 0 Å². The van der Waals surface area contributed by atoms with Crippen molar-refractivity contribution < 1.29 is 19.1 Å². The third kappa shape index (κ3) is 3.61. The summed E-state index contributed by atoms with van der Waals surface area (Å²) in [5, 5.41) is 5.68. The number of nitrogens with zero attached hydrogens (tertiary/aromatic N) is 3. The number of rotatable bonds is 5. The highest BCUT2D eigenvalue weighted by Gasteiger charge is 2.33. The van der Waals surface area contributed by atoms with Crippen molar-refractivity contribution in [2.24, 2.45) is 0 Å². The summed E-state index contributed by atoms with van der Waals surface area (Å²) in [5.41, 5.74) is 0.783. The predicted molar refractivity (Wildman–Crippen MR) is 101 cm³/mol. The number of carbonyl (C=O) groups is 2. The van der Waals surface area contributed by atoms with E-state index < -0.39 is 0 Å². The van der Waals surface area contributed by atoms with Crippen LogP contribution in [0, 0.1) is 0 Å². The topological polar surface area (TPSA) is 106 Å². The lowest BCUT2D eigenvalue weighted by molar-refractivity contribution is -0.118. The lowest BCUT2D eigenvalue weighted by atomic mass is 10.1. The van der Waals surface area contributed by atoms with Gasteiger partial charge in [-0.05, 0) is 24.6 Å². The Morgan fingerprint density at radius 1 is 1.43 bits per heavy atom. The molecule has 2 aliphatic heterocycles. The summed E-state index contributed by atoms with van der Waals surface area (Å²) in [6.07, 6.45) is 4.03. The minimum Gasteiger partial charge on any atom is -0.482 e. The van der Waals surface area contributed by atoms with Crippen molar-refractivity contribution in [3.63, 3.8) is 0 Å². The second-order valence-corrected chi connectivity index (χ2v) is 6.69. The summed E-state index contributed by atoms with van der Waals surface area (Å²) in [5.74, 6) is 0.745. The molecular weight excluding hydrogens is 362 g/mol. The molecule has 1 aromatic heterocycles. The van der Waals surface area contributed by atoms with Crippen molar-refractivity contribution in [3.8, 4) is 5.75 Å². The van der Waals surface area contributed by atoms with Crippen molar-refractivity contribution in [3.05, 3.63) is 42.4 Å². The number of nitrogens with one attached hydrogen (secondary N) is 2. The molecule has 2 atom stereocenters. The highest BCUT2D eigenvalue weighted by molar-refractivity contribution is 6.06. The molecule has 1 fully saturated rings. The molecule has 2 aliphatic rings. The van der Waals surface area contributed by atoms with E-state index >= 15 is 0 Å². The molecule has 1 saturated heterocycles. The standard InChI is InChI=1S/C19H21N5O4/c1-27-13-7-12(24(9-13)16-5-6-20-11-22-16)8-21-19(26)14-3-2-4-15-18(14)23-17(25)10-28-15/h2-6,11-13H,7-10H2,1H3,(H,21,26)(H,23,25)/t12-,13-/m0/s1. The molecule has 0 saturated carbocycles. The van der Waals surface area contributed by atoms with Gasteiger partial charge >= 0.3 is 0 Å². The summed E-state index contributed by atoms with van der Waals surface area (Å²) in [7, 11) is 1.68. The third-order valence-electron chi connectivity index (χ3n) is 4.96. The van der Waals surface area contributed by atoms with Crippen molar-refractivity contribution in [2.45, 2.75) is 18.6 Å². The zero-order valence-electron chi connectivity index (χ0n) is 15.4. The largest absolute Gasteiger partial charge is 0.482 e. The first-order valence-corrected chi connectivity index (χ1v) is 9.05. The van der Waals surface area contributed by atoms with Gasteiger partial charge in [-0.25, -0.2) is 9.97 Å². The Bertz CT molecular complexity index is 876. The smallest absolute Gasteiger partial charge is 0.262 e. The lowest BCUT2D eigenvalue weighted by Crippen LogP contribution is -2.41. The van der Waals surface area contributed by atoms with Gasteiger partial charge in [-0.3, -0.25) is 9.59 Å². The maximum Gasteiger partial charge on any atom is 0.262 e. The van der Waals surface area contributed by atoms with Gasteiger partial charge in [0.15, 0.2) is 6.61 Å². The first-order valence-electron chi connectivity index (χ1n) is 9.05. The van der Waals surface area contributed by atoms with Crippen LogP contribution in [0.1, 0.15) is 16.8 Å². The van der Waals surface area contributed by atoms with Crippen LogP contribution in [0.15, 0.2) is 36.8 Å². The van der Waals surface area contributed by atoms with Gasteiger partial charge in [-0.2, -0.15) is 0 Å². The minimum absolute atomic E-state index is 0.0363. The van der Waals surface area contributed by atoms with Crippen molar-refractivity contribution >= 4 is 23.3 Å². The van der Waals surface area contributed by atoms with Crippen LogP contribution in [-0.4, -0.2) is 60.7 Å². The zero-order chi connectivity index (χ0) is 19.5. The number of carbonyl (C=O) groups excluding carboxylic acids is 2. The van der Waals surface area contributed by atoms with Crippen LogP contribution < -0.4 is 20.3 Å². The van der Waals surface area contributed by atoms with Crippen LogP contribution in [0.2, 0.25) is 0 Å². The maximum atomic E-state index is 12.8. The molecule has 0 unspecified atom stereocenters. The zero-order valence-corrected chi connectivity index (χ0v) is 15.4. The van der Waals surface area contributed by atoms with Crippen molar-refractivity contribution in [2.75, 3.05) is 37.0 Å². The van der Waals surface area contributed by atoms with E-state index in [0.717, 1.165) is 12.2 Å². The molecule has 0 spiro atoms. The second kappa shape index (κ2) is 7.81. The number of para-hydroxylation sites is 1. The number of hydrogen-bond donors (Lipinski definition) is 2. The van der Waals surface area contributed by atoms with Crippen LogP contribution >= 0.6 is 0 Å². The Balaban J connectivity index is 1.48. The van der Waals surface area contributed by atoms with E-state index in [9.17, 15) is 9.59 Å². The van der Waals surface area contributed by atoms with Crippen LogP contribution in [0.25, 0.3) is 0 Å². The summed E-state index contributed by atoms with van der Waals surface area (Å²) in [6, 6.07) is 7.00. The van der Waals surface area contributed by atoms with E-state index in [1.54, 1.807) is 31.5 Å². The molecule has 28 heavy (non-hydrogen) atoms. The SMILES string of the molecule is CO[C@H]1C[C@@H](CNC(=O)c2cccc3c2NC(=O)CO3)N(c2ccncn2)C1. The number of amides is 2. The molecular formula is C19H21N5O4. The molecule has 4 rings (SSSR count). The Labute approximate surface area is 162 Å². The highest BCUT2D eigenvalue weighted by Crippen LogP contribution is 2.31. The van der Waals surface area contributed by atoms with Gasteiger partial charge in [-0.15, -0.1) is 0 Å². The number of aromatic nitrogens is 2. The van der Waals surface area contributed by atoms with Gasteiger partial charge in [0.05, 0.1) is 23.4 Å². The molecule has 9 nitrogen and oxygen atoms in total. The normalized spacial score (nSPS) is 20.9. The Morgan fingerprint density at radius 3 is 3.11 bits per heavy atom. The molecule has 0 bridgehead atoms. The highest BCUT2D eigenvalue weighted by atomic mass is 16.5. The monoisotopic (exact) mass is 383 g/mol. The fraction of sp³-hybridized carbons (Fsp3) is 0.368. The minimum atomic E-state index is -0.276. The van der Waals surface area contributed by atoms with Gasteiger partial charge in [0.1, 0.15) is 17.9 Å². The van der Waals surface area contributed by atoms with Gasteiger partial charge in [-0.1, -0.05) is 6.07 Å². The molecule has 2 aromatic rings. The Hall–Kier alpha value is -3.20. The molecule has 1 aromatic carbocycles. The number of fused-ring (bicyclic) bond motifs is 1. The number of benzene rings is 1. The van der Waals surface area contributed by atoms with Gasteiger partial charge in [0.25, 0.3) is 11.8 Å². The molecule has 3 heterocycles. The molecule has 146 valence electrons. The van der Waals surface area contributed by atoms with Crippen LogP contribution in [0.5, 0.6) is 5.75 Å². The molecule has 2 N–H and O–H groups in total. The summed E-state index contributed by atoms with van der Waals surface area (Å²) in [6.45, 7) is 1.06. The van der Waals surface area contributed by atoms with Gasteiger partial charge in [0.2, 0.25) is 0 Å².